The maximum Gasteiger partial charge on any atom is 0.338 e. The minimum Gasteiger partial charge on any atom is -0.463 e. The predicted octanol–water partition coefficient (Wildman–Crippen LogP) is -0.706. The fourth-order valence-electron chi connectivity index (χ4n) is 1.06. The molecule has 2 rings (SSSR count). The summed E-state index contributed by atoms with van der Waals surface area (Å²) in [4.78, 5) is 10.5. The average molecular weight is 114 g/mol. The number of fused-ring (bicyclic) bond motifs is 1. The smallest absolute Gasteiger partial charge is 0.338 e. The third kappa shape index (κ3) is 0.282. The van der Waals surface area contributed by atoms with Crippen LogP contribution in [0.4, 0.5) is 0 Å². The van der Waals surface area contributed by atoms with Gasteiger partial charge in [-0.15, -0.1) is 0 Å². The Morgan fingerprint density at radius 3 is 2.75 bits per heavy atom. The van der Waals surface area contributed by atoms with E-state index in [9.17, 15) is 4.79 Å². The number of esters is 1. The summed E-state index contributed by atoms with van der Waals surface area (Å²) in [6.45, 7) is 0.426. The molecule has 2 aliphatic rings. The van der Waals surface area contributed by atoms with Gasteiger partial charge in [-0.1, -0.05) is 0 Å². The SMILES string of the molecule is O=C1OCC2CC12O. The van der Waals surface area contributed by atoms with Gasteiger partial charge in [0.25, 0.3) is 0 Å². The second-order valence-electron chi connectivity index (χ2n) is 2.42. The Kier molecular flexibility index (Phi) is 0.492. The molecule has 2 unspecified atom stereocenters. The summed E-state index contributed by atoms with van der Waals surface area (Å²) in [6.07, 6.45) is 0.617. The molecule has 1 heterocycles. The number of aliphatic hydroxyl groups is 1. The number of rotatable bonds is 0. The molecule has 0 aromatic carbocycles. The molecule has 0 aromatic heterocycles. The van der Waals surface area contributed by atoms with Crippen molar-refractivity contribution in [2.45, 2.75) is 12.0 Å². The monoisotopic (exact) mass is 114 g/mol. The second-order valence-corrected chi connectivity index (χ2v) is 2.42. The molecule has 0 spiro atoms. The molecule has 1 aliphatic carbocycles. The molecule has 2 atom stereocenters. The van der Waals surface area contributed by atoms with Crippen LogP contribution in [0, 0.1) is 5.92 Å². The van der Waals surface area contributed by atoms with Gasteiger partial charge in [0, 0.05) is 5.92 Å². The van der Waals surface area contributed by atoms with E-state index >= 15 is 0 Å². The third-order valence-electron chi connectivity index (χ3n) is 1.84. The van der Waals surface area contributed by atoms with Gasteiger partial charge in [-0.05, 0) is 6.42 Å². The fraction of sp³-hybridized carbons (Fsp3) is 0.800. The van der Waals surface area contributed by atoms with Crippen LogP contribution in [0.3, 0.4) is 0 Å². The van der Waals surface area contributed by atoms with Crippen LogP contribution < -0.4 is 0 Å². The lowest BCUT2D eigenvalue weighted by atomic mass is 10.3. The molecule has 1 aliphatic heterocycles. The van der Waals surface area contributed by atoms with E-state index in [2.05, 4.69) is 4.74 Å². The van der Waals surface area contributed by atoms with E-state index in [1.165, 1.54) is 0 Å². The Bertz CT molecular complexity index is 152. The summed E-state index contributed by atoms with van der Waals surface area (Å²) >= 11 is 0. The molecule has 3 heteroatoms. The van der Waals surface area contributed by atoms with E-state index in [1.807, 2.05) is 0 Å². The van der Waals surface area contributed by atoms with Crippen molar-refractivity contribution in [3.05, 3.63) is 0 Å². The number of ether oxygens (including phenoxy) is 1. The van der Waals surface area contributed by atoms with Crippen molar-refractivity contribution in [2.75, 3.05) is 6.61 Å². The first-order valence-corrected chi connectivity index (χ1v) is 2.63. The summed E-state index contributed by atoms with van der Waals surface area (Å²) in [6, 6.07) is 0. The number of cyclic esters (lactones) is 1. The number of hydrogen-bond donors (Lipinski definition) is 1. The predicted molar refractivity (Wildman–Crippen MR) is 24.0 cm³/mol. The van der Waals surface area contributed by atoms with Gasteiger partial charge in [-0.2, -0.15) is 0 Å². The minimum atomic E-state index is -1.04. The van der Waals surface area contributed by atoms with Crippen molar-refractivity contribution in [1.82, 2.24) is 0 Å². The molecule has 1 saturated carbocycles. The van der Waals surface area contributed by atoms with E-state index in [-0.39, 0.29) is 5.92 Å². The first-order valence-electron chi connectivity index (χ1n) is 2.63. The first kappa shape index (κ1) is 4.32. The Labute approximate surface area is 46.3 Å². The highest BCUT2D eigenvalue weighted by molar-refractivity contribution is 5.85. The lowest BCUT2D eigenvalue weighted by Gasteiger charge is -1.96. The van der Waals surface area contributed by atoms with Crippen LogP contribution >= 0.6 is 0 Å². The van der Waals surface area contributed by atoms with Crippen LogP contribution in [0.5, 0.6) is 0 Å². The minimum absolute atomic E-state index is 0.120. The van der Waals surface area contributed by atoms with Gasteiger partial charge in [0.05, 0.1) is 6.61 Å². The van der Waals surface area contributed by atoms with Crippen LogP contribution in [0.1, 0.15) is 6.42 Å². The van der Waals surface area contributed by atoms with Crippen molar-refractivity contribution in [3.8, 4) is 0 Å². The lowest BCUT2D eigenvalue weighted by Crippen LogP contribution is -2.19. The standard InChI is InChI=1S/C5H6O3/c6-4-5(7)1-3(5)2-8-4/h3,7H,1-2H2. The highest BCUT2D eigenvalue weighted by Crippen LogP contribution is 2.48. The maximum atomic E-state index is 10.5. The molecule has 0 aromatic rings. The van der Waals surface area contributed by atoms with Crippen LogP contribution in [-0.2, 0) is 9.53 Å². The molecule has 1 N–H and O–H groups in total. The first-order chi connectivity index (χ1) is 3.73. The normalized spacial score (nSPS) is 50.6. The summed E-state index contributed by atoms with van der Waals surface area (Å²) < 4.78 is 4.53. The number of carbonyl (C=O) groups excluding carboxylic acids is 1. The molecule has 1 saturated heterocycles. The zero-order valence-electron chi connectivity index (χ0n) is 4.26. The molecule has 0 amide bonds. The second kappa shape index (κ2) is 0.910. The Morgan fingerprint density at radius 2 is 2.62 bits per heavy atom. The number of hydrogen-bond acceptors (Lipinski definition) is 3. The molecular weight excluding hydrogens is 108 g/mol. The third-order valence-corrected chi connectivity index (χ3v) is 1.84. The van der Waals surface area contributed by atoms with Crippen LogP contribution in [0.2, 0.25) is 0 Å². The Hall–Kier alpha value is -0.570. The highest BCUT2D eigenvalue weighted by atomic mass is 16.6. The topological polar surface area (TPSA) is 46.5 Å². The van der Waals surface area contributed by atoms with Gasteiger partial charge in [0.15, 0.2) is 5.60 Å². The molecule has 0 bridgehead atoms. The molecular formula is C5H6O3. The Morgan fingerprint density at radius 1 is 1.88 bits per heavy atom. The van der Waals surface area contributed by atoms with E-state index in [1.54, 1.807) is 0 Å². The van der Waals surface area contributed by atoms with Gasteiger partial charge in [-0.25, -0.2) is 4.79 Å². The quantitative estimate of drug-likeness (QED) is 0.423. The van der Waals surface area contributed by atoms with E-state index in [0.29, 0.717) is 13.0 Å². The summed E-state index contributed by atoms with van der Waals surface area (Å²) in [5, 5.41) is 9.06. The molecule has 8 heavy (non-hydrogen) atoms. The zero-order chi connectivity index (χ0) is 5.78. The largest absolute Gasteiger partial charge is 0.463 e. The van der Waals surface area contributed by atoms with Crippen molar-refractivity contribution in [2.24, 2.45) is 5.92 Å². The van der Waals surface area contributed by atoms with E-state index < -0.39 is 11.6 Å². The van der Waals surface area contributed by atoms with Crippen LogP contribution in [0.25, 0.3) is 0 Å². The summed E-state index contributed by atoms with van der Waals surface area (Å²) in [7, 11) is 0. The lowest BCUT2D eigenvalue weighted by molar-refractivity contribution is -0.149. The van der Waals surface area contributed by atoms with Crippen molar-refractivity contribution in [1.29, 1.82) is 0 Å². The highest BCUT2D eigenvalue weighted by Gasteiger charge is 2.65. The van der Waals surface area contributed by atoms with Gasteiger partial charge in [-0.3, -0.25) is 0 Å². The summed E-state index contributed by atoms with van der Waals surface area (Å²) in [5.41, 5.74) is -1.04. The number of carbonyl (C=O) groups is 1. The van der Waals surface area contributed by atoms with Crippen molar-refractivity contribution < 1.29 is 14.6 Å². The van der Waals surface area contributed by atoms with Gasteiger partial charge >= 0.3 is 5.97 Å². The molecule has 2 fully saturated rings. The van der Waals surface area contributed by atoms with Crippen molar-refractivity contribution in [3.63, 3.8) is 0 Å². The van der Waals surface area contributed by atoms with Crippen LogP contribution in [-0.4, -0.2) is 23.3 Å². The Balaban J connectivity index is 2.31. The van der Waals surface area contributed by atoms with Crippen molar-refractivity contribution >= 4 is 5.97 Å². The average Bonchev–Trinajstić information content (AvgIpc) is 2.31. The van der Waals surface area contributed by atoms with Gasteiger partial charge < -0.3 is 9.84 Å². The zero-order valence-corrected chi connectivity index (χ0v) is 4.26. The van der Waals surface area contributed by atoms with Crippen LogP contribution in [0.15, 0.2) is 0 Å². The van der Waals surface area contributed by atoms with E-state index in [0.717, 1.165) is 0 Å². The molecule has 44 valence electrons. The molecule has 3 nitrogen and oxygen atoms in total. The van der Waals surface area contributed by atoms with Gasteiger partial charge in [0.2, 0.25) is 0 Å². The summed E-state index contributed by atoms with van der Waals surface area (Å²) in [5.74, 6) is -0.308. The fourth-order valence-corrected chi connectivity index (χ4v) is 1.06. The van der Waals surface area contributed by atoms with E-state index in [4.69, 9.17) is 5.11 Å². The van der Waals surface area contributed by atoms with Gasteiger partial charge in [0.1, 0.15) is 0 Å². The maximum absolute atomic E-state index is 10.5. The molecule has 0 radical (unpaired) electrons.